The highest BCUT2D eigenvalue weighted by molar-refractivity contribution is 9.10. The zero-order valence-corrected chi connectivity index (χ0v) is 13.7. The first-order valence-electron chi connectivity index (χ1n) is 6.76. The molecule has 0 fully saturated rings. The second kappa shape index (κ2) is 7.65. The fourth-order valence-electron chi connectivity index (χ4n) is 1.80. The Bertz CT molecular complexity index is 717. The second-order valence-electron chi connectivity index (χ2n) is 4.83. The van der Waals surface area contributed by atoms with Crippen molar-refractivity contribution in [2.45, 2.75) is 12.7 Å². The van der Waals surface area contributed by atoms with Gasteiger partial charge in [0, 0.05) is 11.0 Å². The summed E-state index contributed by atoms with van der Waals surface area (Å²) in [6, 6.07) is 8.58. The SMILES string of the molecule is O=C(COc1ccc(Br)cc1F)NCc1ccc(C(F)(F)F)cc1. The number of carbonyl (C=O) groups is 1. The van der Waals surface area contributed by atoms with Crippen molar-refractivity contribution in [3.05, 3.63) is 63.9 Å². The Balaban J connectivity index is 1.83. The van der Waals surface area contributed by atoms with E-state index in [9.17, 15) is 22.4 Å². The molecule has 0 aliphatic heterocycles. The molecule has 2 aromatic carbocycles. The Morgan fingerprint density at radius 3 is 2.38 bits per heavy atom. The molecule has 2 aromatic rings. The van der Waals surface area contributed by atoms with Crippen LogP contribution in [0.5, 0.6) is 5.75 Å². The highest BCUT2D eigenvalue weighted by atomic mass is 79.9. The van der Waals surface area contributed by atoms with E-state index in [1.165, 1.54) is 24.3 Å². The molecular formula is C16H12BrF4NO2. The first-order valence-corrected chi connectivity index (χ1v) is 7.55. The van der Waals surface area contributed by atoms with Crippen LogP contribution in [-0.4, -0.2) is 12.5 Å². The van der Waals surface area contributed by atoms with Gasteiger partial charge in [0.15, 0.2) is 18.2 Å². The maximum atomic E-state index is 13.5. The van der Waals surface area contributed by atoms with Gasteiger partial charge in [-0.2, -0.15) is 13.2 Å². The van der Waals surface area contributed by atoms with E-state index >= 15 is 0 Å². The molecule has 0 heterocycles. The van der Waals surface area contributed by atoms with Crippen LogP contribution in [0.3, 0.4) is 0 Å². The Morgan fingerprint density at radius 1 is 1.12 bits per heavy atom. The maximum Gasteiger partial charge on any atom is 0.416 e. The van der Waals surface area contributed by atoms with E-state index in [1.54, 1.807) is 6.07 Å². The predicted octanol–water partition coefficient (Wildman–Crippen LogP) is 4.30. The fourth-order valence-corrected chi connectivity index (χ4v) is 2.13. The third-order valence-corrected chi connectivity index (χ3v) is 3.52. The largest absolute Gasteiger partial charge is 0.481 e. The smallest absolute Gasteiger partial charge is 0.416 e. The standard InChI is InChI=1S/C16H12BrF4NO2/c17-12-5-6-14(13(18)7-12)24-9-15(23)22-8-10-1-3-11(4-2-10)16(19,20)21/h1-7H,8-9H2,(H,22,23). The third-order valence-electron chi connectivity index (χ3n) is 3.02. The monoisotopic (exact) mass is 405 g/mol. The number of hydrogen-bond acceptors (Lipinski definition) is 2. The highest BCUT2D eigenvalue weighted by Crippen LogP contribution is 2.29. The van der Waals surface area contributed by atoms with Gasteiger partial charge in [-0.1, -0.05) is 28.1 Å². The summed E-state index contributed by atoms with van der Waals surface area (Å²) in [5.41, 5.74) is -0.252. The molecule has 0 aliphatic carbocycles. The van der Waals surface area contributed by atoms with Crippen LogP contribution in [0, 0.1) is 5.82 Å². The van der Waals surface area contributed by atoms with Crippen molar-refractivity contribution in [2.75, 3.05) is 6.61 Å². The maximum absolute atomic E-state index is 13.5. The molecule has 3 nitrogen and oxygen atoms in total. The van der Waals surface area contributed by atoms with Crippen LogP contribution in [0.4, 0.5) is 17.6 Å². The third kappa shape index (κ3) is 5.23. The molecule has 0 aromatic heterocycles. The van der Waals surface area contributed by atoms with Crippen LogP contribution in [0.25, 0.3) is 0 Å². The van der Waals surface area contributed by atoms with Gasteiger partial charge in [0.1, 0.15) is 0 Å². The number of benzene rings is 2. The zero-order valence-electron chi connectivity index (χ0n) is 12.2. The lowest BCUT2D eigenvalue weighted by molar-refractivity contribution is -0.137. The number of carbonyl (C=O) groups excluding carboxylic acids is 1. The summed E-state index contributed by atoms with van der Waals surface area (Å²) < 4.78 is 56.4. The lowest BCUT2D eigenvalue weighted by Gasteiger charge is -2.10. The van der Waals surface area contributed by atoms with Gasteiger partial charge in [-0.25, -0.2) is 4.39 Å². The summed E-state index contributed by atoms with van der Waals surface area (Å²) in [4.78, 5) is 11.6. The van der Waals surface area contributed by atoms with E-state index in [0.29, 0.717) is 10.0 Å². The van der Waals surface area contributed by atoms with E-state index < -0.39 is 30.1 Å². The van der Waals surface area contributed by atoms with Crippen LogP contribution in [0.15, 0.2) is 46.9 Å². The summed E-state index contributed by atoms with van der Waals surface area (Å²) in [6.07, 6.45) is -4.40. The van der Waals surface area contributed by atoms with Gasteiger partial charge < -0.3 is 10.1 Å². The number of halogens is 5. The zero-order chi connectivity index (χ0) is 17.7. The van der Waals surface area contributed by atoms with Crippen molar-refractivity contribution < 1.29 is 27.1 Å². The Kier molecular flexibility index (Phi) is 5.82. The minimum absolute atomic E-state index is 0.0448. The van der Waals surface area contributed by atoms with Gasteiger partial charge in [-0.3, -0.25) is 4.79 Å². The normalized spacial score (nSPS) is 11.2. The summed E-state index contributed by atoms with van der Waals surface area (Å²) >= 11 is 3.10. The van der Waals surface area contributed by atoms with Gasteiger partial charge in [-0.05, 0) is 35.9 Å². The van der Waals surface area contributed by atoms with E-state index in [4.69, 9.17) is 4.74 Å². The molecule has 1 N–H and O–H groups in total. The molecule has 0 unspecified atom stereocenters. The lowest BCUT2D eigenvalue weighted by Crippen LogP contribution is -2.28. The van der Waals surface area contributed by atoms with Gasteiger partial charge in [0.05, 0.1) is 5.56 Å². The van der Waals surface area contributed by atoms with Crippen molar-refractivity contribution in [3.8, 4) is 5.75 Å². The van der Waals surface area contributed by atoms with Crippen molar-refractivity contribution >= 4 is 21.8 Å². The molecule has 0 saturated carbocycles. The molecule has 8 heteroatoms. The van der Waals surface area contributed by atoms with Crippen LogP contribution < -0.4 is 10.1 Å². The number of nitrogens with one attached hydrogen (secondary N) is 1. The van der Waals surface area contributed by atoms with Crippen molar-refractivity contribution in [2.24, 2.45) is 0 Å². The summed E-state index contributed by atoms with van der Waals surface area (Å²) in [5.74, 6) is -1.19. The lowest BCUT2D eigenvalue weighted by atomic mass is 10.1. The predicted molar refractivity (Wildman–Crippen MR) is 82.9 cm³/mol. The Hall–Kier alpha value is -2.09. The first-order chi connectivity index (χ1) is 11.3. The average molecular weight is 406 g/mol. The molecule has 0 saturated heterocycles. The van der Waals surface area contributed by atoms with Gasteiger partial charge in [-0.15, -0.1) is 0 Å². The molecule has 128 valence electrons. The first kappa shape index (κ1) is 18.3. The molecular weight excluding hydrogens is 394 g/mol. The number of alkyl halides is 3. The summed E-state index contributed by atoms with van der Waals surface area (Å²) in [5, 5.41) is 2.48. The summed E-state index contributed by atoms with van der Waals surface area (Å²) in [6.45, 7) is -0.359. The molecule has 0 aliphatic rings. The van der Waals surface area contributed by atoms with Crippen molar-refractivity contribution in [1.29, 1.82) is 0 Å². The van der Waals surface area contributed by atoms with E-state index in [2.05, 4.69) is 21.2 Å². The molecule has 0 radical (unpaired) electrons. The Morgan fingerprint density at radius 2 is 1.79 bits per heavy atom. The van der Waals surface area contributed by atoms with Gasteiger partial charge in [0.2, 0.25) is 0 Å². The van der Waals surface area contributed by atoms with Crippen LogP contribution >= 0.6 is 15.9 Å². The quantitative estimate of drug-likeness (QED) is 0.753. The van der Waals surface area contributed by atoms with Crippen LogP contribution in [-0.2, 0) is 17.5 Å². The molecule has 0 atom stereocenters. The second-order valence-corrected chi connectivity index (χ2v) is 5.75. The molecule has 1 amide bonds. The number of rotatable bonds is 5. The number of hydrogen-bond donors (Lipinski definition) is 1. The van der Waals surface area contributed by atoms with E-state index in [-0.39, 0.29) is 12.3 Å². The fraction of sp³-hybridized carbons (Fsp3) is 0.188. The van der Waals surface area contributed by atoms with Crippen LogP contribution in [0.2, 0.25) is 0 Å². The molecule has 2 rings (SSSR count). The molecule has 24 heavy (non-hydrogen) atoms. The van der Waals surface area contributed by atoms with Crippen LogP contribution in [0.1, 0.15) is 11.1 Å². The number of amides is 1. The average Bonchev–Trinajstić information content (AvgIpc) is 2.51. The van der Waals surface area contributed by atoms with Crippen molar-refractivity contribution in [3.63, 3.8) is 0 Å². The van der Waals surface area contributed by atoms with E-state index in [0.717, 1.165) is 12.1 Å². The van der Waals surface area contributed by atoms with Crippen molar-refractivity contribution in [1.82, 2.24) is 5.32 Å². The number of ether oxygens (including phenoxy) is 1. The minimum atomic E-state index is -4.40. The highest BCUT2D eigenvalue weighted by Gasteiger charge is 2.29. The van der Waals surface area contributed by atoms with Gasteiger partial charge in [0.25, 0.3) is 5.91 Å². The van der Waals surface area contributed by atoms with E-state index in [1.807, 2.05) is 0 Å². The minimum Gasteiger partial charge on any atom is -0.481 e. The topological polar surface area (TPSA) is 38.3 Å². The molecule has 0 spiro atoms. The summed E-state index contributed by atoms with van der Waals surface area (Å²) in [7, 11) is 0. The van der Waals surface area contributed by atoms with Gasteiger partial charge >= 0.3 is 6.18 Å². The Labute approximate surface area is 143 Å². The molecule has 0 bridgehead atoms.